The zero-order chi connectivity index (χ0) is 11.9. The standard InChI is InChI=1S/C15H18N2S/c1-2-7-14-12(5-1)16-15(18-14)10-17-9-8-11-4-3-6-13(11)17/h1-2,5,7,11,13H,3-4,6,8-10H2/t11-,13-/m1/s1. The van der Waals surface area contributed by atoms with Crippen LogP contribution in [-0.2, 0) is 6.54 Å². The van der Waals surface area contributed by atoms with Gasteiger partial charge in [-0.25, -0.2) is 4.98 Å². The number of fused-ring (bicyclic) bond motifs is 2. The number of likely N-dealkylation sites (tertiary alicyclic amines) is 1. The summed E-state index contributed by atoms with van der Waals surface area (Å²) in [5, 5.41) is 1.30. The molecule has 1 saturated carbocycles. The smallest absolute Gasteiger partial charge is 0.108 e. The van der Waals surface area contributed by atoms with Gasteiger partial charge in [-0.1, -0.05) is 18.6 Å². The lowest BCUT2D eigenvalue weighted by Crippen LogP contribution is -2.29. The van der Waals surface area contributed by atoms with Gasteiger partial charge in [0.05, 0.1) is 16.8 Å². The zero-order valence-electron chi connectivity index (χ0n) is 10.5. The normalized spacial score (nSPS) is 28.0. The van der Waals surface area contributed by atoms with Crippen LogP contribution in [-0.4, -0.2) is 22.5 Å². The molecule has 1 aliphatic heterocycles. The van der Waals surface area contributed by atoms with Crippen molar-refractivity contribution in [3.05, 3.63) is 29.3 Å². The highest BCUT2D eigenvalue weighted by Crippen LogP contribution is 2.38. The molecule has 0 radical (unpaired) electrons. The second kappa shape index (κ2) is 4.32. The molecule has 2 atom stereocenters. The molecule has 0 amide bonds. The SMILES string of the molecule is c1ccc2sc(CN3CC[C@H]4CCC[C@H]43)nc2c1. The number of nitrogens with zero attached hydrogens (tertiary/aromatic N) is 2. The number of hydrogen-bond donors (Lipinski definition) is 0. The molecule has 1 aliphatic carbocycles. The van der Waals surface area contributed by atoms with E-state index in [9.17, 15) is 0 Å². The molecule has 0 spiro atoms. The number of para-hydroxylation sites is 1. The van der Waals surface area contributed by atoms with Gasteiger partial charge in [-0.2, -0.15) is 0 Å². The van der Waals surface area contributed by atoms with Crippen LogP contribution in [0, 0.1) is 5.92 Å². The highest BCUT2D eigenvalue weighted by molar-refractivity contribution is 7.18. The minimum Gasteiger partial charge on any atom is -0.293 e. The number of rotatable bonds is 2. The molecule has 2 fully saturated rings. The third-order valence-electron chi connectivity index (χ3n) is 4.55. The minimum absolute atomic E-state index is 0.858. The summed E-state index contributed by atoms with van der Waals surface area (Å²) in [6, 6.07) is 9.34. The van der Waals surface area contributed by atoms with E-state index < -0.39 is 0 Å². The van der Waals surface area contributed by atoms with Crippen LogP contribution in [0.5, 0.6) is 0 Å². The molecule has 2 heterocycles. The summed E-state index contributed by atoms with van der Waals surface area (Å²) in [5.74, 6) is 0.986. The third kappa shape index (κ3) is 1.77. The summed E-state index contributed by atoms with van der Waals surface area (Å²) in [5.41, 5.74) is 1.17. The van der Waals surface area contributed by atoms with Crippen molar-refractivity contribution < 1.29 is 0 Å². The van der Waals surface area contributed by atoms with Crippen LogP contribution in [0.3, 0.4) is 0 Å². The molecular weight excluding hydrogens is 240 g/mol. The topological polar surface area (TPSA) is 16.1 Å². The Morgan fingerprint density at radius 1 is 1.22 bits per heavy atom. The van der Waals surface area contributed by atoms with E-state index in [2.05, 4.69) is 29.2 Å². The Labute approximate surface area is 112 Å². The van der Waals surface area contributed by atoms with Gasteiger partial charge >= 0.3 is 0 Å². The molecule has 0 unspecified atom stereocenters. The van der Waals surface area contributed by atoms with E-state index in [0.717, 1.165) is 18.5 Å². The number of aromatic nitrogens is 1. The van der Waals surface area contributed by atoms with E-state index in [0.29, 0.717) is 0 Å². The second-order valence-corrected chi connectivity index (χ2v) is 6.71. The number of thiazole rings is 1. The van der Waals surface area contributed by atoms with Crippen LogP contribution >= 0.6 is 11.3 Å². The number of hydrogen-bond acceptors (Lipinski definition) is 3. The van der Waals surface area contributed by atoms with Crippen molar-refractivity contribution in [3.63, 3.8) is 0 Å². The molecule has 4 rings (SSSR count). The maximum Gasteiger partial charge on any atom is 0.108 e. The Morgan fingerprint density at radius 2 is 2.17 bits per heavy atom. The molecule has 0 bridgehead atoms. The fourth-order valence-corrected chi connectivity index (χ4v) is 4.68. The summed E-state index contributed by atoms with van der Waals surface area (Å²) < 4.78 is 1.33. The minimum atomic E-state index is 0.858. The van der Waals surface area contributed by atoms with E-state index in [-0.39, 0.29) is 0 Å². The van der Waals surface area contributed by atoms with Crippen LogP contribution in [0.4, 0.5) is 0 Å². The number of benzene rings is 1. The van der Waals surface area contributed by atoms with Gasteiger partial charge in [-0.3, -0.25) is 4.90 Å². The Hall–Kier alpha value is -0.930. The molecule has 2 aromatic rings. The Bertz CT molecular complexity index is 529. The van der Waals surface area contributed by atoms with Crippen LogP contribution in [0.2, 0.25) is 0 Å². The molecule has 94 valence electrons. The van der Waals surface area contributed by atoms with Crippen molar-refractivity contribution >= 4 is 21.6 Å². The quantitative estimate of drug-likeness (QED) is 0.817. The predicted molar refractivity (Wildman–Crippen MR) is 75.8 cm³/mol. The van der Waals surface area contributed by atoms with E-state index in [1.165, 1.54) is 47.5 Å². The summed E-state index contributed by atoms with van der Waals surface area (Å²) in [7, 11) is 0. The van der Waals surface area contributed by atoms with Crippen LogP contribution in [0.15, 0.2) is 24.3 Å². The van der Waals surface area contributed by atoms with Crippen molar-refractivity contribution in [2.24, 2.45) is 5.92 Å². The summed E-state index contributed by atoms with van der Waals surface area (Å²) in [6.07, 6.45) is 5.72. The van der Waals surface area contributed by atoms with E-state index >= 15 is 0 Å². The summed E-state index contributed by atoms with van der Waals surface area (Å²) in [4.78, 5) is 7.44. The maximum atomic E-state index is 4.77. The highest BCUT2D eigenvalue weighted by Gasteiger charge is 2.37. The van der Waals surface area contributed by atoms with Crippen molar-refractivity contribution in [1.82, 2.24) is 9.88 Å². The summed E-state index contributed by atoms with van der Waals surface area (Å²) >= 11 is 1.87. The van der Waals surface area contributed by atoms with Crippen molar-refractivity contribution in [1.29, 1.82) is 0 Å². The molecule has 2 nitrogen and oxygen atoms in total. The van der Waals surface area contributed by atoms with Gasteiger partial charge in [-0.05, 0) is 43.9 Å². The monoisotopic (exact) mass is 258 g/mol. The Kier molecular flexibility index (Phi) is 2.63. The van der Waals surface area contributed by atoms with E-state index in [1.807, 2.05) is 11.3 Å². The van der Waals surface area contributed by atoms with Crippen LogP contribution < -0.4 is 0 Å². The average Bonchev–Trinajstić information content (AvgIpc) is 3.05. The fraction of sp³-hybridized carbons (Fsp3) is 0.533. The van der Waals surface area contributed by atoms with Gasteiger partial charge in [0.15, 0.2) is 0 Å². The zero-order valence-corrected chi connectivity index (χ0v) is 11.3. The molecule has 18 heavy (non-hydrogen) atoms. The lowest BCUT2D eigenvalue weighted by Gasteiger charge is -2.22. The van der Waals surface area contributed by atoms with Gasteiger partial charge in [-0.15, -0.1) is 11.3 Å². The highest BCUT2D eigenvalue weighted by atomic mass is 32.1. The first-order valence-corrected chi connectivity index (χ1v) is 7.80. The van der Waals surface area contributed by atoms with Crippen molar-refractivity contribution in [2.75, 3.05) is 6.54 Å². The fourth-order valence-electron chi connectivity index (χ4n) is 3.69. The molecule has 3 heteroatoms. The van der Waals surface area contributed by atoms with Gasteiger partial charge in [0.1, 0.15) is 5.01 Å². The van der Waals surface area contributed by atoms with E-state index in [4.69, 9.17) is 4.98 Å². The molecule has 1 aromatic heterocycles. The first kappa shape index (κ1) is 10.9. The molecule has 2 aliphatic rings. The first-order chi connectivity index (χ1) is 8.90. The van der Waals surface area contributed by atoms with Crippen LogP contribution in [0.1, 0.15) is 30.7 Å². The largest absolute Gasteiger partial charge is 0.293 e. The van der Waals surface area contributed by atoms with Crippen molar-refractivity contribution in [2.45, 2.75) is 38.3 Å². The molecular formula is C15H18N2S. The van der Waals surface area contributed by atoms with Crippen molar-refractivity contribution in [3.8, 4) is 0 Å². The third-order valence-corrected chi connectivity index (χ3v) is 5.57. The van der Waals surface area contributed by atoms with E-state index in [1.54, 1.807) is 0 Å². The van der Waals surface area contributed by atoms with Gasteiger partial charge in [0, 0.05) is 6.04 Å². The lowest BCUT2D eigenvalue weighted by atomic mass is 10.1. The van der Waals surface area contributed by atoms with Gasteiger partial charge in [0.25, 0.3) is 0 Å². The Morgan fingerprint density at radius 3 is 3.11 bits per heavy atom. The average molecular weight is 258 g/mol. The lowest BCUT2D eigenvalue weighted by molar-refractivity contribution is 0.233. The predicted octanol–water partition coefficient (Wildman–Crippen LogP) is 3.67. The maximum absolute atomic E-state index is 4.77. The summed E-state index contributed by atoms with van der Waals surface area (Å²) in [6.45, 7) is 2.35. The van der Waals surface area contributed by atoms with Crippen LogP contribution in [0.25, 0.3) is 10.2 Å². The second-order valence-electron chi connectivity index (χ2n) is 5.59. The van der Waals surface area contributed by atoms with Gasteiger partial charge in [0.2, 0.25) is 0 Å². The Balaban J connectivity index is 1.57. The first-order valence-electron chi connectivity index (χ1n) is 6.99. The molecule has 1 aromatic carbocycles. The molecule has 0 N–H and O–H groups in total. The van der Waals surface area contributed by atoms with Gasteiger partial charge < -0.3 is 0 Å². The molecule has 1 saturated heterocycles.